The van der Waals surface area contributed by atoms with Crippen molar-refractivity contribution in [3.05, 3.63) is 28.8 Å². The predicted molar refractivity (Wildman–Crippen MR) is 72.7 cm³/mol. The summed E-state index contributed by atoms with van der Waals surface area (Å²) in [6.45, 7) is 0.450. The molecule has 4 heteroatoms. The fraction of sp³-hybridized carbons (Fsp3) is 0.500. The highest BCUT2D eigenvalue weighted by Crippen LogP contribution is 2.30. The average molecular weight is 265 g/mol. The van der Waals surface area contributed by atoms with E-state index in [0.717, 1.165) is 25.7 Å². The monoisotopic (exact) mass is 264 g/mol. The van der Waals surface area contributed by atoms with Crippen LogP contribution >= 0.6 is 11.6 Å². The quantitative estimate of drug-likeness (QED) is 0.881. The second-order valence-electron chi connectivity index (χ2n) is 4.91. The molecule has 0 amide bonds. The first kappa shape index (κ1) is 13.2. The zero-order valence-electron chi connectivity index (χ0n) is 10.2. The second-order valence-corrected chi connectivity index (χ2v) is 5.32. The Morgan fingerprint density at radius 3 is 2.72 bits per heavy atom. The third kappa shape index (κ3) is 2.95. The summed E-state index contributed by atoms with van der Waals surface area (Å²) >= 11 is 6.08. The zero-order chi connectivity index (χ0) is 13.0. The van der Waals surface area contributed by atoms with Gasteiger partial charge in [-0.3, -0.25) is 0 Å². The topological polar surface area (TPSA) is 56.0 Å². The SMILES string of the molecule is N#Cc1cccc(Cl)c1NCC1(O)CCCCC1. The Labute approximate surface area is 112 Å². The first-order valence-corrected chi connectivity index (χ1v) is 6.67. The summed E-state index contributed by atoms with van der Waals surface area (Å²) in [5, 5.41) is 23.1. The molecule has 0 aliphatic heterocycles. The maximum Gasteiger partial charge on any atom is 0.101 e. The molecule has 1 aliphatic carbocycles. The van der Waals surface area contributed by atoms with Gasteiger partial charge in [-0.2, -0.15) is 5.26 Å². The maximum absolute atomic E-state index is 10.4. The number of nitriles is 1. The van der Waals surface area contributed by atoms with Gasteiger partial charge in [-0.05, 0) is 25.0 Å². The molecule has 0 spiro atoms. The van der Waals surface area contributed by atoms with Gasteiger partial charge in [0.25, 0.3) is 0 Å². The molecule has 18 heavy (non-hydrogen) atoms. The van der Waals surface area contributed by atoms with Gasteiger partial charge in [0.05, 0.1) is 21.9 Å². The average Bonchev–Trinajstić information content (AvgIpc) is 2.38. The van der Waals surface area contributed by atoms with Crippen molar-refractivity contribution in [1.29, 1.82) is 5.26 Å². The number of nitrogens with zero attached hydrogens (tertiary/aromatic N) is 1. The molecule has 1 saturated carbocycles. The number of hydrogen-bond donors (Lipinski definition) is 2. The fourth-order valence-electron chi connectivity index (χ4n) is 2.44. The summed E-state index contributed by atoms with van der Waals surface area (Å²) in [7, 11) is 0. The van der Waals surface area contributed by atoms with Crippen LogP contribution in [0.15, 0.2) is 18.2 Å². The largest absolute Gasteiger partial charge is 0.388 e. The molecule has 2 rings (SSSR count). The van der Waals surface area contributed by atoms with Gasteiger partial charge < -0.3 is 10.4 Å². The lowest BCUT2D eigenvalue weighted by atomic mass is 9.85. The highest BCUT2D eigenvalue weighted by Gasteiger charge is 2.29. The van der Waals surface area contributed by atoms with Gasteiger partial charge in [-0.25, -0.2) is 0 Å². The fourth-order valence-corrected chi connectivity index (χ4v) is 2.68. The van der Waals surface area contributed by atoms with Gasteiger partial charge in [-0.1, -0.05) is 36.9 Å². The summed E-state index contributed by atoms with van der Waals surface area (Å²) in [4.78, 5) is 0. The van der Waals surface area contributed by atoms with Crippen molar-refractivity contribution >= 4 is 17.3 Å². The Hall–Kier alpha value is -1.24. The van der Waals surface area contributed by atoms with E-state index in [1.807, 2.05) is 0 Å². The van der Waals surface area contributed by atoms with Crippen LogP contribution in [0.4, 0.5) is 5.69 Å². The van der Waals surface area contributed by atoms with Crippen molar-refractivity contribution in [2.45, 2.75) is 37.7 Å². The van der Waals surface area contributed by atoms with Crippen molar-refractivity contribution < 1.29 is 5.11 Å². The van der Waals surface area contributed by atoms with Gasteiger partial charge in [0.15, 0.2) is 0 Å². The van der Waals surface area contributed by atoms with Crippen LogP contribution in [0.1, 0.15) is 37.7 Å². The highest BCUT2D eigenvalue weighted by atomic mass is 35.5. The summed E-state index contributed by atoms with van der Waals surface area (Å²) in [5.41, 5.74) is 0.479. The first-order valence-electron chi connectivity index (χ1n) is 6.29. The molecule has 0 aromatic heterocycles. The standard InChI is InChI=1S/C14H17ClN2O/c15-12-6-4-5-11(9-16)13(12)17-10-14(18)7-2-1-3-8-14/h4-6,17-18H,1-3,7-8,10H2. The smallest absolute Gasteiger partial charge is 0.101 e. The number of nitrogens with one attached hydrogen (secondary N) is 1. The van der Waals surface area contributed by atoms with Crippen LogP contribution in [0.3, 0.4) is 0 Å². The molecule has 1 aromatic carbocycles. The van der Waals surface area contributed by atoms with E-state index >= 15 is 0 Å². The molecule has 1 aromatic rings. The van der Waals surface area contributed by atoms with Crippen LogP contribution < -0.4 is 5.32 Å². The Morgan fingerprint density at radius 2 is 2.06 bits per heavy atom. The van der Waals surface area contributed by atoms with Gasteiger partial charge in [-0.15, -0.1) is 0 Å². The number of halogens is 1. The van der Waals surface area contributed by atoms with Crippen LogP contribution in [0, 0.1) is 11.3 Å². The summed E-state index contributed by atoms with van der Waals surface area (Å²) in [5.74, 6) is 0. The Kier molecular flexibility index (Phi) is 4.11. The van der Waals surface area contributed by atoms with Crippen molar-refractivity contribution in [3.8, 4) is 6.07 Å². The Balaban J connectivity index is 2.08. The molecule has 0 heterocycles. The van der Waals surface area contributed by atoms with Crippen LogP contribution in [0.25, 0.3) is 0 Å². The number of para-hydroxylation sites is 1. The van der Waals surface area contributed by atoms with Crippen LogP contribution in [-0.4, -0.2) is 17.3 Å². The lowest BCUT2D eigenvalue weighted by molar-refractivity contribution is 0.0167. The van der Waals surface area contributed by atoms with Gasteiger partial charge in [0.1, 0.15) is 6.07 Å². The summed E-state index contributed by atoms with van der Waals surface area (Å²) in [6, 6.07) is 7.33. The molecule has 0 radical (unpaired) electrons. The molecule has 0 bridgehead atoms. The van der Waals surface area contributed by atoms with E-state index in [4.69, 9.17) is 16.9 Å². The lowest BCUT2D eigenvalue weighted by Crippen LogP contribution is -2.38. The number of hydrogen-bond acceptors (Lipinski definition) is 3. The third-order valence-corrected chi connectivity index (χ3v) is 3.83. The molecule has 0 unspecified atom stereocenters. The minimum atomic E-state index is -0.663. The molecule has 0 atom stereocenters. The molecule has 96 valence electrons. The van der Waals surface area contributed by atoms with Crippen molar-refractivity contribution in [2.75, 3.05) is 11.9 Å². The van der Waals surface area contributed by atoms with Crippen molar-refractivity contribution in [2.24, 2.45) is 0 Å². The van der Waals surface area contributed by atoms with Crippen LogP contribution in [0.5, 0.6) is 0 Å². The van der Waals surface area contributed by atoms with E-state index < -0.39 is 5.60 Å². The third-order valence-electron chi connectivity index (χ3n) is 3.51. The van der Waals surface area contributed by atoms with E-state index in [9.17, 15) is 5.11 Å². The minimum Gasteiger partial charge on any atom is -0.388 e. The lowest BCUT2D eigenvalue weighted by Gasteiger charge is -2.32. The number of aliphatic hydroxyl groups is 1. The number of benzene rings is 1. The normalized spacial score (nSPS) is 18.1. The summed E-state index contributed by atoms with van der Waals surface area (Å²) < 4.78 is 0. The molecular weight excluding hydrogens is 248 g/mol. The second kappa shape index (κ2) is 5.60. The summed E-state index contributed by atoms with van der Waals surface area (Å²) in [6.07, 6.45) is 4.94. The number of anilines is 1. The maximum atomic E-state index is 10.4. The van der Waals surface area contributed by atoms with Gasteiger partial charge >= 0.3 is 0 Å². The van der Waals surface area contributed by atoms with E-state index in [1.54, 1.807) is 18.2 Å². The van der Waals surface area contributed by atoms with Crippen molar-refractivity contribution in [1.82, 2.24) is 0 Å². The first-order chi connectivity index (χ1) is 8.64. The van der Waals surface area contributed by atoms with Gasteiger partial charge in [0.2, 0.25) is 0 Å². The van der Waals surface area contributed by atoms with E-state index in [2.05, 4.69) is 11.4 Å². The molecule has 0 saturated heterocycles. The van der Waals surface area contributed by atoms with Gasteiger partial charge in [0, 0.05) is 6.54 Å². The number of rotatable bonds is 3. The highest BCUT2D eigenvalue weighted by molar-refractivity contribution is 6.33. The Morgan fingerprint density at radius 1 is 1.33 bits per heavy atom. The van der Waals surface area contributed by atoms with E-state index in [0.29, 0.717) is 22.8 Å². The predicted octanol–water partition coefficient (Wildman–Crippen LogP) is 3.32. The molecule has 1 aliphatic rings. The minimum absolute atomic E-state index is 0.450. The zero-order valence-corrected chi connectivity index (χ0v) is 11.0. The Bertz CT molecular complexity index is 461. The molecule has 1 fully saturated rings. The van der Waals surface area contributed by atoms with Crippen LogP contribution in [0.2, 0.25) is 5.02 Å². The molecular formula is C14H17ClN2O. The molecule has 3 nitrogen and oxygen atoms in total. The van der Waals surface area contributed by atoms with E-state index in [-0.39, 0.29) is 0 Å². The van der Waals surface area contributed by atoms with Crippen molar-refractivity contribution in [3.63, 3.8) is 0 Å². The van der Waals surface area contributed by atoms with Crippen LogP contribution in [-0.2, 0) is 0 Å². The van der Waals surface area contributed by atoms with E-state index in [1.165, 1.54) is 6.42 Å². The molecule has 2 N–H and O–H groups in total.